The Hall–Kier alpha value is -7.36. The highest BCUT2D eigenvalue weighted by Gasteiger charge is 2.22. The average molecular weight is 790 g/mol. The number of rotatable bonds is 13. The van der Waals surface area contributed by atoms with Gasteiger partial charge >= 0.3 is 0 Å². The van der Waals surface area contributed by atoms with Crippen LogP contribution in [0.2, 0.25) is 0 Å². The zero-order valence-corrected chi connectivity index (χ0v) is 35.5. The van der Waals surface area contributed by atoms with Gasteiger partial charge in [0.05, 0.1) is 5.69 Å². The van der Waals surface area contributed by atoms with Gasteiger partial charge in [0.1, 0.15) is 0 Å². The molecular formula is C58H51N3. The van der Waals surface area contributed by atoms with Crippen molar-refractivity contribution in [1.82, 2.24) is 0 Å². The first kappa shape index (κ1) is 39.1. The van der Waals surface area contributed by atoms with Crippen LogP contribution in [0.1, 0.15) is 40.5 Å². The van der Waals surface area contributed by atoms with Crippen molar-refractivity contribution in [2.24, 2.45) is 0 Å². The highest BCUT2D eigenvalue weighted by molar-refractivity contribution is 6.34. The predicted octanol–water partition coefficient (Wildman–Crippen LogP) is 17.2. The number of hydrogen-bond acceptors (Lipinski definition) is 3. The summed E-state index contributed by atoms with van der Waals surface area (Å²) in [6, 6.07) is 64.4. The number of nitrogens with zero attached hydrogens (tertiary/aromatic N) is 3. The van der Waals surface area contributed by atoms with E-state index in [-0.39, 0.29) is 0 Å². The topological polar surface area (TPSA) is 9.72 Å². The fourth-order valence-corrected chi connectivity index (χ4v) is 9.02. The van der Waals surface area contributed by atoms with Crippen LogP contribution in [0.3, 0.4) is 0 Å². The van der Waals surface area contributed by atoms with Crippen molar-refractivity contribution in [2.45, 2.75) is 40.5 Å². The Labute approximate surface area is 360 Å². The number of benzene rings is 9. The maximum atomic E-state index is 2.43. The molecule has 0 heterocycles. The van der Waals surface area contributed by atoms with Crippen LogP contribution in [-0.2, 0) is 0 Å². The summed E-state index contributed by atoms with van der Waals surface area (Å²) < 4.78 is 0. The Morgan fingerprint density at radius 3 is 1.21 bits per heavy atom. The molecule has 0 aliphatic rings. The lowest BCUT2D eigenvalue weighted by molar-refractivity contribution is 1.07. The van der Waals surface area contributed by atoms with E-state index in [1.54, 1.807) is 0 Å². The molecule has 0 bridgehead atoms. The van der Waals surface area contributed by atoms with Gasteiger partial charge in [0, 0.05) is 63.7 Å². The first-order valence-corrected chi connectivity index (χ1v) is 21.4. The van der Waals surface area contributed by atoms with Crippen molar-refractivity contribution in [3.63, 3.8) is 0 Å². The van der Waals surface area contributed by atoms with E-state index in [2.05, 4.69) is 255 Å². The van der Waals surface area contributed by atoms with Crippen LogP contribution in [0, 0.1) is 0 Å². The Morgan fingerprint density at radius 2 is 0.754 bits per heavy atom. The van der Waals surface area contributed by atoms with Gasteiger partial charge in [0.15, 0.2) is 0 Å². The van der Waals surface area contributed by atoms with Gasteiger partial charge in [-0.1, -0.05) is 134 Å². The van der Waals surface area contributed by atoms with Gasteiger partial charge in [0.2, 0.25) is 0 Å². The minimum absolute atomic E-state index is 0.837. The lowest BCUT2D eigenvalue weighted by Crippen LogP contribution is -2.17. The third-order valence-corrected chi connectivity index (χ3v) is 11.9. The van der Waals surface area contributed by atoms with Gasteiger partial charge in [-0.05, 0) is 144 Å². The summed E-state index contributed by atoms with van der Waals surface area (Å²) in [6.07, 6.45) is 14.8. The molecule has 9 aromatic carbocycles. The van der Waals surface area contributed by atoms with E-state index >= 15 is 0 Å². The summed E-state index contributed by atoms with van der Waals surface area (Å²) >= 11 is 0. The van der Waals surface area contributed by atoms with Crippen LogP contribution >= 0.6 is 0 Å². The summed E-state index contributed by atoms with van der Waals surface area (Å²) in [5, 5.41) is 10.3. The third kappa shape index (κ3) is 7.34. The van der Waals surface area contributed by atoms with Crippen molar-refractivity contribution < 1.29 is 0 Å². The maximum Gasteiger partial charge on any atom is 0.0540 e. The predicted molar refractivity (Wildman–Crippen MR) is 266 cm³/mol. The van der Waals surface area contributed by atoms with E-state index in [0.717, 1.165) is 52.7 Å². The van der Waals surface area contributed by atoms with Crippen molar-refractivity contribution in [1.29, 1.82) is 0 Å². The molecule has 9 rings (SSSR count). The zero-order valence-electron chi connectivity index (χ0n) is 35.5. The van der Waals surface area contributed by atoms with E-state index in [4.69, 9.17) is 0 Å². The summed E-state index contributed by atoms with van der Waals surface area (Å²) in [4.78, 5) is 7.17. The SMILES string of the molecule is C/C=C\C/C(=C\C)N(c1ccccc1)c1ccc(N(c2ccc(N(/C(=C/C)C/C=C\C)c3ccccc3)cc2)c2ccc3c4cccc5cccc(c6cccc2c63)c54)cc1. The summed E-state index contributed by atoms with van der Waals surface area (Å²) in [5.41, 5.74) is 10.3. The normalized spacial score (nSPS) is 12.5. The molecule has 9 aromatic rings. The quantitative estimate of drug-likeness (QED) is 0.0654. The molecule has 0 aliphatic carbocycles. The monoisotopic (exact) mass is 789 g/mol. The van der Waals surface area contributed by atoms with Crippen molar-refractivity contribution >= 4 is 82.9 Å². The number of anilines is 7. The highest BCUT2D eigenvalue weighted by atomic mass is 15.2. The van der Waals surface area contributed by atoms with Crippen LogP contribution in [0.15, 0.2) is 224 Å². The first-order valence-electron chi connectivity index (χ1n) is 21.4. The molecule has 0 N–H and O–H groups in total. The maximum absolute atomic E-state index is 2.43. The molecule has 0 radical (unpaired) electrons. The van der Waals surface area contributed by atoms with Gasteiger partial charge in [-0.25, -0.2) is 0 Å². The fourth-order valence-electron chi connectivity index (χ4n) is 9.02. The number of allylic oxidation sites excluding steroid dienone is 6. The molecule has 0 saturated carbocycles. The van der Waals surface area contributed by atoms with Gasteiger partial charge in [-0.15, -0.1) is 0 Å². The molecule has 3 heteroatoms. The lowest BCUT2D eigenvalue weighted by Gasteiger charge is -2.31. The molecule has 0 spiro atoms. The zero-order chi connectivity index (χ0) is 41.7. The van der Waals surface area contributed by atoms with Crippen molar-refractivity contribution in [3.8, 4) is 0 Å². The molecule has 0 aromatic heterocycles. The molecule has 0 aliphatic heterocycles. The van der Waals surface area contributed by atoms with Gasteiger partial charge in [-0.3, -0.25) is 0 Å². The second-order valence-electron chi connectivity index (χ2n) is 15.4. The Morgan fingerprint density at radius 1 is 0.361 bits per heavy atom. The second-order valence-corrected chi connectivity index (χ2v) is 15.4. The molecule has 0 unspecified atom stereocenters. The largest absolute Gasteiger partial charge is 0.314 e. The van der Waals surface area contributed by atoms with Gasteiger partial charge in [0.25, 0.3) is 0 Å². The standard InChI is InChI=1S/C58H51N3/c1-5-9-22-43(7-3)59(45-24-13-11-14-25-45)47-32-36-49(37-33-47)61(50-38-34-48(35-39-50)60(44(8-4)23-10-6-2)46-26-15-12-16-27-46)56-41-40-54-52-29-18-21-42-20-17-28-51(57(42)52)53-30-19-31-55(56)58(53)54/h5-21,24-41H,22-23H2,1-4H3/b9-5-,10-6-,43-7+,44-8+. The van der Waals surface area contributed by atoms with Crippen molar-refractivity contribution in [2.75, 3.05) is 14.7 Å². The van der Waals surface area contributed by atoms with Crippen LogP contribution < -0.4 is 14.7 Å². The highest BCUT2D eigenvalue weighted by Crippen LogP contribution is 2.47. The summed E-state index contributed by atoms with van der Waals surface area (Å²) in [7, 11) is 0. The Balaban J connectivity index is 1.23. The average Bonchev–Trinajstić information content (AvgIpc) is 3.32. The van der Waals surface area contributed by atoms with Gasteiger partial charge < -0.3 is 14.7 Å². The third-order valence-electron chi connectivity index (χ3n) is 11.9. The Kier molecular flexibility index (Phi) is 11.2. The van der Waals surface area contributed by atoms with E-state index in [0.29, 0.717) is 0 Å². The molecule has 0 amide bonds. The van der Waals surface area contributed by atoms with Crippen LogP contribution in [-0.4, -0.2) is 0 Å². The van der Waals surface area contributed by atoms with Crippen LogP contribution in [0.25, 0.3) is 43.1 Å². The van der Waals surface area contributed by atoms with E-state index in [1.165, 1.54) is 54.5 Å². The smallest absolute Gasteiger partial charge is 0.0540 e. The first-order chi connectivity index (χ1) is 30.1. The van der Waals surface area contributed by atoms with Crippen LogP contribution in [0.5, 0.6) is 0 Å². The second kappa shape index (κ2) is 17.5. The van der Waals surface area contributed by atoms with E-state index in [1.807, 2.05) is 0 Å². The molecule has 298 valence electrons. The Bertz CT molecular complexity index is 2880. The van der Waals surface area contributed by atoms with Gasteiger partial charge in [-0.2, -0.15) is 0 Å². The number of fused-ring (bicyclic) bond motifs is 2. The minimum Gasteiger partial charge on any atom is -0.314 e. The molecule has 0 saturated heterocycles. The van der Waals surface area contributed by atoms with Crippen molar-refractivity contribution in [3.05, 3.63) is 224 Å². The summed E-state index contributed by atoms with van der Waals surface area (Å²) in [6.45, 7) is 8.42. The lowest BCUT2D eigenvalue weighted by atomic mass is 9.89. The fraction of sp³-hybridized carbons (Fsp3) is 0.103. The number of hydrogen-bond donors (Lipinski definition) is 0. The molecule has 0 fully saturated rings. The van der Waals surface area contributed by atoms with E-state index in [9.17, 15) is 0 Å². The molecule has 0 atom stereocenters. The van der Waals surface area contributed by atoms with Crippen LogP contribution in [0.4, 0.5) is 39.8 Å². The molecule has 3 nitrogen and oxygen atoms in total. The van der Waals surface area contributed by atoms with E-state index < -0.39 is 0 Å². The summed E-state index contributed by atoms with van der Waals surface area (Å²) in [5.74, 6) is 0. The molecule has 61 heavy (non-hydrogen) atoms. The number of para-hydroxylation sites is 2. The molecular weight excluding hydrogens is 739 g/mol. The minimum atomic E-state index is 0.837.